The zero-order valence-corrected chi connectivity index (χ0v) is 16.6. The molecule has 3 aromatic rings. The number of carbonyl (C=O) groups is 3. The van der Waals surface area contributed by atoms with Crippen LogP contribution in [0.15, 0.2) is 30.3 Å². The molecule has 10 heteroatoms. The number of thiophene rings is 1. The molecule has 0 aliphatic rings. The van der Waals surface area contributed by atoms with Gasteiger partial charge in [0.1, 0.15) is 9.71 Å². The Kier molecular flexibility index (Phi) is 5.96. The summed E-state index contributed by atoms with van der Waals surface area (Å²) in [5, 5.41) is 7.75. The van der Waals surface area contributed by atoms with Crippen LogP contribution < -0.4 is 5.32 Å². The smallest absolute Gasteiger partial charge is 0.413 e. The SMILES string of the molecule is CCOC(=O)NC(=O)COC(=O)c1cc2c(C)nn(-c3ccccc3Cl)c2s1. The lowest BCUT2D eigenvalue weighted by atomic mass is 10.3. The lowest BCUT2D eigenvalue weighted by Crippen LogP contribution is -2.34. The molecule has 0 unspecified atom stereocenters. The summed E-state index contributed by atoms with van der Waals surface area (Å²) in [4.78, 5) is 36.1. The monoisotopic (exact) mass is 421 g/mol. The Morgan fingerprint density at radius 3 is 2.71 bits per heavy atom. The van der Waals surface area contributed by atoms with Crippen molar-refractivity contribution >= 4 is 51.1 Å². The van der Waals surface area contributed by atoms with Crippen molar-refractivity contribution in [3.63, 3.8) is 0 Å². The number of halogens is 1. The second-order valence-electron chi connectivity index (χ2n) is 5.62. The lowest BCUT2D eigenvalue weighted by molar-refractivity contribution is -0.123. The fraction of sp³-hybridized carbons (Fsp3) is 0.222. The molecule has 28 heavy (non-hydrogen) atoms. The van der Waals surface area contributed by atoms with E-state index in [1.165, 1.54) is 11.3 Å². The molecular formula is C18H16ClN3O5S. The van der Waals surface area contributed by atoms with Crippen LogP contribution in [0.1, 0.15) is 22.3 Å². The fourth-order valence-electron chi connectivity index (χ4n) is 2.45. The van der Waals surface area contributed by atoms with Gasteiger partial charge in [0.25, 0.3) is 5.91 Å². The van der Waals surface area contributed by atoms with Crippen molar-refractivity contribution in [1.29, 1.82) is 0 Å². The van der Waals surface area contributed by atoms with E-state index in [0.717, 1.165) is 15.9 Å². The van der Waals surface area contributed by atoms with Gasteiger partial charge in [-0.25, -0.2) is 14.3 Å². The molecule has 146 valence electrons. The molecule has 0 atom stereocenters. The number of esters is 1. The normalized spacial score (nSPS) is 10.7. The van der Waals surface area contributed by atoms with Gasteiger partial charge in [-0.05, 0) is 32.0 Å². The Morgan fingerprint density at radius 1 is 1.25 bits per heavy atom. The molecular weight excluding hydrogens is 406 g/mol. The average molecular weight is 422 g/mol. The van der Waals surface area contributed by atoms with Crippen LogP contribution in [-0.4, -0.2) is 41.0 Å². The second-order valence-corrected chi connectivity index (χ2v) is 7.06. The number of fused-ring (bicyclic) bond motifs is 1. The van der Waals surface area contributed by atoms with Gasteiger partial charge in [-0.15, -0.1) is 11.3 Å². The number of amides is 2. The summed E-state index contributed by atoms with van der Waals surface area (Å²) >= 11 is 7.43. The first-order chi connectivity index (χ1) is 13.4. The number of aromatic nitrogens is 2. The number of hydrogen-bond acceptors (Lipinski definition) is 7. The highest BCUT2D eigenvalue weighted by molar-refractivity contribution is 7.20. The van der Waals surface area contributed by atoms with Gasteiger partial charge in [0.15, 0.2) is 6.61 Å². The quantitative estimate of drug-likeness (QED) is 0.633. The molecule has 8 nitrogen and oxygen atoms in total. The second kappa shape index (κ2) is 8.41. The highest BCUT2D eigenvalue weighted by atomic mass is 35.5. The zero-order chi connectivity index (χ0) is 20.3. The first-order valence-electron chi connectivity index (χ1n) is 8.28. The maximum Gasteiger partial charge on any atom is 0.413 e. The molecule has 0 fully saturated rings. The van der Waals surface area contributed by atoms with Gasteiger partial charge in [-0.2, -0.15) is 5.10 Å². The standard InChI is InChI=1S/C18H16ClN3O5S/c1-3-26-18(25)20-15(23)9-27-17(24)14-8-11-10(2)21-22(16(11)28-14)13-7-5-4-6-12(13)19/h4-8H,3,9H2,1-2H3,(H,20,23,25). The molecule has 2 heterocycles. The van der Waals surface area contributed by atoms with Gasteiger partial charge in [-0.1, -0.05) is 23.7 Å². The van der Waals surface area contributed by atoms with E-state index in [1.807, 2.05) is 30.4 Å². The Labute approximate surface area is 169 Å². The number of rotatable bonds is 5. The van der Waals surface area contributed by atoms with E-state index in [4.69, 9.17) is 16.3 Å². The zero-order valence-electron chi connectivity index (χ0n) is 15.0. The molecule has 0 bridgehead atoms. The van der Waals surface area contributed by atoms with E-state index >= 15 is 0 Å². The van der Waals surface area contributed by atoms with Crippen molar-refractivity contribution in [3.8, 4) is 5.69 Å². The lowest BCUT2D eigenvalue weighted by Gasteiger charge is -2.05. The molecule has 2 amide bonds. The van der Waals surface area contributed by atoms with Crippen molar-refractivity contribution < 1.29 is 23.9 Å². The van der Waals surface area contributed by atoms with E-state index in [9.17, 15) is 14.4 Å². The molecule has 0 spiro atoms. The summed E-state index contributed by atoms with van der Waals surface area (Å²) in [6.45, 7) is 2.96. The van der Waals surface area contributed by atoms with Crippen LogP contribution in [0.25, 0.3) is 15.9 Å². The van der Waals surface area contributed by atoms with Gasteiger partial charge in [0, 0.05) is 5.39 Å². The van der Waals surface area contributed by atoms with Crippen molar-refractivity contribution in [3.05, 3.63) is 45.9 Å². The highest BCUT2D eigenvalue weighted by Gasteiger charge is 2.20. The number of hydrogen-bond donors (Lipinski definition) is 1. The molecule has 0 aliphatic carbocycles. The number of benzene rings is 1. The van der Waals surface area contributed by atoms with Crippen LogP contribution in [-0.2, 0) is 14.3 Å². The van der Waals surface area contributed by atoms with E-state index in [0.29, 0.717) is 15.6 Å². The van der Waals surface area contributed by atoms with Gasteiger partial charge in [0.05, 0.1) is 23.0 Å². The average Bonchev–Trinajstić information content (AvgIpc) is 3.21. The first kappa shape index (κ1) is 19.8. The summed E-state index contributed by atoms with van der Waals surface area (Å²) in [6.07, 6.45) is -0.888. The van der Waals surface area contributed by atoms with Crippen LogP contribution in [0.3, 0.4) is 0 Å². The summed E-state index contributed by atoms with van der Waals surface area (Å²) < 4.78 is 11.2. The van der Waals surface area contributed by atoms with Crippen molar-refractivity contribution in [2.45, 2.75) is 13.8 Å². The fourth-order valence-corrected chi connectivity index (χ4v) is 3.74. The number of nitrogens with zero attached hydrogens (tertiary/aromatic N) is 2. The maximum absolute atomic E-state index is 12.3. The highest BCUT2D eigenvalue weighted by Crippen LogP contribution is 2.32. The number of alkyl carbamates (subject to hydrolysis) is 1. The van der Waals surface area contributed by atoms with Crippen LogP contribution >= 0.6 is 22.9 Å². The summed E-state index contributed by atoms with van der Waals surface area (Å²) in [6, 6.07) is 8.89. The number of aryl methyl sites for hydroxylation is 1. The molecule has 3 rings (SSSR count). The predicted octanol–water partition coefficient (Wildman–Crippen LogP) is 3.48. The number of para-hydroxylation sites is 1. The van der Waals surface area contributed by atoms with Crippen LogP contribution in [0.4, 0.5) is 4.79 Å². The molecule has 0 aliphatic heterocycles. The van der Waals surface area contributed by atoms with Crippen LogP contribution in [0.5, 0.6) is 0 Å². The minimum Gasteiger partial charge on any atom is -0.451 e. The summed E-state index contributed by atoms with van der Waals surface area (Å²) in [5.74, 6) is -1.45. The molecule has 0 saturated carbocycles. The van der Waals surface area contributed by atoms with Gasteiger partial charge < -0.3 is 9.47 Å². The van der Waals surface area contributed by atoms with Crippen molar-refractivity contribution in [2.24, 2.45) is 0 Å². The van der Waals surface area contributed by atoms with Gasteiger partial charge >= 0.3 is 12.1 Å². The Hall–Kier alpha value is -2.91. The van der Waals surface area contributed by atoms with E-state index < -0.39 is 24.6 Å². The van der Waals surface area contributed by atoms with E-state index in [-0.39, 0.29) is 6.61 Å². The molecule has 0 saturated heterocycles. The predicted molar refractivity (Wildman–Crippen MR) is 104 cm³/mol. The van der Waals surface area contributed by atoms with Gasteiger partial charge in [0.2, 0.25) is 0 Å². The van der Waals surface area contributed by atoms with Gasteiger partial charge in [-0.3, -0.25) is 10.1 Å². The van der Waals surface area contributed by atoms with Crippen LogP contribution in [0, 0.1) is 6.92 Å². The number of nitrogens with one attached hydrogen (secondary N) is 1. The topological polar surface area (TPSA) is 99.5 Å². The van der Waals surface area contributed by atoms with Crippen molar-refractivity contribution in [1.82, 2.24) is 15.1 Å². The number of carbonyl (C=O) groups excluding carboxylic acids is 3. The Bertz CT molecular complexity index is 1060. The largest absolute Gasteiger partial charge is 0.451 e. The minimum absolute atomic E-state index is 0.127. The minimum atomic E-state index is -0.888. The first-order valence-corrected chi connectivity index (χ1v) is 9.48. The Balaban J connectivity index is 1.77. The van der Waals surface area contributed by atoms with Crippen molar-refractivity contribution in [2.75, 3.05) is 13.2 Å². The summed E-state index contributed by atoms with van der Waals surface area (Å²) in [7, 11) is 0. The van der Waals surface area contributed by atoms with Crippen LogP contribution in [0.2, 0.25) is 5.02 Å². The number of imide groups is 1. The third-order valence-corrected chi connectivity index (χ3v) is 5.09. The maximum atomic E-state index is 12.3. The number of ether oxygens (including phenoxy) is 2. The summed E-state index contributed by atoms with van der Waals surface area (Å²) in [5.41, 5.74) is 1.42. The molecule has 1 aromatic carbocycles. The molecule has 2 aromatic heterocycles. The van der Waals surface area contributed by atoms with E-state index in [2.05, 4.69) is 9.84 Å². The van der Waals surface area contributed by atoms with E-state index in [1.54, 1.807) is 23.7 Å². The molecule has 0 radical (unpaired) electrons. The third-order valence-electron chi connectivity index (χ3n) is 3.68. The Morgan fingerprint density at radius 2 is 2.00 bits per heavy atom. The molecule has 1 N–H and O–H groups in total. The third kappa shape index (κ3) is 4.15.